The third kappa shape index (κ3) is 8.92. The van der Waals surface area contributed by atoms with E-state index in [9.17, 15) is 24.4 Å². The van der Waals surface area contributed by atoms with Crippen LogP contribution in [0.15, 0.2) is 95.9 Å². The predicted octanol–water partition coefficient (Wildman–Crippen LogP) is 5.79. The summed E-state index contributed by atoms with van der Waals surface area (Å²) in [5.41, 5.74) is -1.72. The second-order valence-electron chi connectivity index (χ2n) is 13.7. The van der Waals surface area contributed by atoms with Crippen molar-refractivity contribution in [2.45, 2.75) is 63.7 Å². The third-order valence-corrected chi connectivity index (χ3v) is 11.8. The second kappa shape index (κ2) is 17.6. The van der Waals surface area contributed by atoms with E-state index in [1.165, 1.54) is 13.1 Å². The molecule has 0 amide bonds. The summed E-state index contributed by atoms with van der Waals surface area (Å²) in [6.07, 6.45) is -1.90. The number of benzene rings is 3. The van der Waals surface area contributed by atoms with Crippen LogP contribution in [0, 0.1) is 5.41 Å². The normalized spacial score (nSPS) is 20.7. The molecule has 3 unspecified atom stereocenters. The van der Waals surface area contributed by atoms with E-state index in [4.69, 9.17) is 23.3 Å². The van der Waals surface area contributed by atoms with Crippen LogP contribution in [0.2, 0.25) is 0 Å². The van der Waals surface area contributed by atoms with Gasteiger partial charge in [0.05, 0.1) is 27.4 Å². The number of carbonyl (C=O) groups is 1. The Hall–Kier alpha value is -4.01. The molecule has 1 aliphatic rings. The second-order valence-corrected chi connectivity index (χ2v) is 15.8. The van der Waals surface area contributed by atoms with Crippen molar-refractivity contribution in [3.63, 3.8) is 0 Å². The highest BCUT2D eigenvalue weighted by atomic mass is 32.2. The van der Waals surface area contributed by atoms with Crippen LogP contribution < -0.4 is 20.5 Å². The number of nitrogens with one attached hydrogen (secondary N) is 1. The smallest absolute Gasteiger partial charge is 0.351 e. The number of carbonyl (C=O) groups excluding carboxylic acids is 1. The molecule has 0 spiro atoms. The number of ether oxygens (including phenoxy) is 3. The number of aromatic nitrogens is 2. The van der Waals surface area contributed by atoms with E-state index in [0.717, 1.165) is 33.0 Å². The molecule has 15 heteroatoms. The van der Waals surface area contributed by atoms with Crippen molar-refractivity contribution in [2.75, 3.05) is 38.5 Å². The van der Waals surface area contributed by atoms with Gasteiger partial charge in [0, 0.05) is 17.4 Å². The topological polar surface area (TPSA) is 168 Å². The van der Waals surface area contributed by atoms with Gasteiger partial charge in [-0.3, -0.25) is 13.9 Å². The van der Waals surface area contributed by atoms with Crippen molar-refractivity contribution in [1.82, 2.24) is 9.55 Å². The molecule has 5 rings (SSSR count). The molecule has 5 atom stereocenters. The van der Waals surface area contributed by atoms with Gasteiger partial charge in [0.1, 0.15) is 40.7 Å². The molecule has 1 saturated heterocycles. The summed E-state index contributed by atoms with van der Waals surface area (Å²) in [6.45, 7) is 6.64. The first kappa shape index (κ1) is 41.2. The first-order valence-corrected chi connectivity index (χ1v) is 19.7. The van der Waals surface area contributed by atoms with Crippen LogP contribution in [0.25, 0.3) is 0 Å². The molecule has 2 heterocycles. The number of aliphatic hydroxyl groups excluding tert-OH is 1. The van der Waals surface area contributed by atoms with Crippen LogP contribution in [0.1, 0.15) is 57.0 Å². The molecule has 3 N–H and O–H groups in total. The molecule has 1 fully saturated rings. The zero-order valence-electron chi connectivity index (χ0n) is 31.2. The van der Waals surface area contributed by atoms with Crippen LogP contribution in [-0.4, -0.2) is 75.9 Å². The molecule has 1 aliphatic heterocycles. The molecule has 54 heavy (non-hydrogen) atoms. The van der Waals surface area contributed by atoms with Crippen molar-refractivity contribution in [2.24, 2.45) is 5.41 Å². The van der Waals surface area contributed by atoms with Gasteiger partial charge >= 0.3 is 13.9 Å². The number of nitrogens with zero attached hydrogens (tertiary/aromatic N) is 2. The number of hydrogen-bond acceptors (Lipinski definition) is 13. The van der Waals surface area contributed by atoms with Gasteiger partial charge in [0.2, 0.25) is 0 Å². The van der Waals surface area contributed by atoms with Crippen LogP contribution in [0.3, 0.4) is 0 Å². The fraction of sp³-hybridized carbons (Fsp3) is 0.410. The van der Waals surface area contributed by atoms with E-state index in [-0.39, 0.29) is 24.1 Å². The van der Waals surface area contributed by atoms with Crippen molar-refractivity contribution >= 4 is 30.9 Å². The average Bonchev–Trinajstić information content (AvgIpc) is 3.41. The largest absolute Gasteiger partial charge is 0.497 e. The Balaban J connectivity index is 1.36. The minimum absolute atomic E-state index is 0.0171. The van der Waals surface area contributed by atoms with Gasteiger partial charge in [-0.1, -0.05) is 87.1 Å². The lowest BCUT2D eigenvalue weighted by atomic mass is 9.77. The zero-order valence-corrected chi connectivity index (χ0v) is 33.0. The number of thioether (sulfide) groups is 1. The number of anilines is 1. The van der Waals surface area contributed by atoms with E-state index in [0.29, 0.717) is 23.7 Å². The standard InChI is InChI=1S/C39H48N3O10PS/c1-7-37(2,3)35(44)54-24-23-50-53(47)51-25-31-33(43)38(4,46)34(52-31)42-22-21-32(40-36(42)45)41-39(26-11-9-8-10-12-26,27-13-17-29(48-5)18-14-27)28-15-19-30(49-6)20-16-28/h8-22,31,33-34,43,46,53H,7,23-25H2,1-6H3,(H,40,41,45)/t31-,33?,34?,38+/m1/s1. The van der Waals surface area contributed by atoms with Crippen LogP contribution in [-0.2, 0) is 28.7 Å². The van der Waals surface area contributed by atoms with Crippen molar-refractivity contribution in [1.29, 1.82) is 0 Å². The summed E-state index contributed by atoms with van der Waals surface area (Å²) in [5, 5.41) is 25.9. The molecule has 4 aromatic rings. The predicted molar refractivity (Wildman–Crippen MR) is 207 cm³/mol. The molecule has 13 nitrogen and oxygen atoms in total. The molecule has 0 radical (unpaired) electrons. The summed E-state index contributed by atoms with van der Waals surface area (Å²) in [6, 6.07) is 26.5. The quantitative estimate of drug-likeness (QED) is 0.0670. The Bertz CT molecular complexity index is 1890. The summed E-state index contributed by atoms with van der Waals surface area (Å²) < 4.78 is 40.9. The van der Waals surface area contributed by atoms with E-state index in [1.54, 1.807) is 20.3 Å². The Kier molecular flexibility index (Phi) is 13.4. The van der Waals surface area contributed by atoms with Gasteiger partial charge in [0.25, 0.3) is 0 Å². The summed E-state index contributed by atoms with van der Waals surface area (Å²) in [4.78, 5) is 30.4. The monoisotopic (exact) mass is 781 g/mol. The van der Waals surface area contributed by atoms with E-state index in [1.807, 2.05) is 99.6 Å². The molecular formula is C39H48N3O10PS. The van der Waals surface area contributed by atoms with E-state index < -0.39 is 48.9 Å². The highest BCUT2D eigenvalue weighted by molar-refractivity contribution is 8.13. The first-order valence-electron chi connectivity index (χ1n) is 17.5. The molecular weight excluding hydrogens is 733 g/mol. The van der Waals surface area contributed by atoms with Gasteiger partial charge in [-0.15, -0.1) is 0 Å². The number of hydrogen-bond donors (Lipinski definition) is 3. The van der Waals surface area contributed by atoms with Gasteiger partial charge in [0.15, 0.2) is 11.3 Å². The molecule has 3 aromatic carbocycles. The highest BCUT2D eigenvalue weighted by Crippen LogP contribution is 2.42. The molecule has 1 aromatic heterocycles. The number of rotatable bonds is 17. The highest BCUT2D eigenvalue weighted by Gasteiger charge is 2.53. The fourth-order valence-electron chi connectivity index (χ4n) is 6.11. The van der Waals surface area contributed by atoms with Crippen LogP contribution >= 0.6 is 20.0 Å². The lowest BCUT2D eigenvalue weighted by Crippen LogP contribution is -2.46. The third-order valence-electron chi connectivity index (χ3n) is 9.74. The minimum atomic E-state index is -3.01. The molecule has 0 aliphatic carbocycles. The number of aliphatic hydroxyl groups is 2. The van der Waals surface area contributed by atoms with Crippen molar-refractivity contribution < 1.29 is 42.8 Å². The molecule has 0 bridgehead atoms. The summed E-state index contributed by atoms with van der Waals surface area (Å²) in [5.74, 6) is 1.86. The maximum Gasteiger partial charge on any atom is 0.351 e. The number of methoxy groups -OCH3 is 2. The lowest BCUT2D eigenvalue weighted by Gasteiger charge is -2.37. The minimum Gasteiger partial charge on any atom is -0.497 e. The van der Waals surface area contributed by atoms with Gasteiger partial charge in [-0.2, -0.15) is 4.98 Å². The summed E-state index contributed by atoms with van der Waals surface area (Å²) >= 11 is 1.10. The van der Waals surface area contributed by atoms with E-state index >= 15 is 0 Å². The van der Waals surface area contributed by atoms with Gasteiger partial charge in [-0.25, -0.2) is 4.79 Å². The fourth-order valence-corrected chi connectivity index (χ4v) is 7.80. The SMILES string of the molecule is CCC(C)(C)C(=O)SCCO[PH](=O)OC[C@H]1OC(n2ccc(NC(c3ccccc3)(c3ccc(OC)cc3)c3ccc(OC)cc3)nc2=O)[C@@](C)(O)C1O. The van der Waals surface area contributed by atoms with Gasteiger partial charge in [-0.05, 0) is 60.4 Å². The average molecular weight is 782 g/mol. The van der Waals surface area contributed by atoms with E-state index in [2.05, 4.69) is 10.3 Å². The van der Waals surface area contributed by atoms with Gasteiger partial charge < -0.3 is 38.8 Å². The first-order chi connectivity index (χ1) is 25.8. The Morgan fingerprint density at radius 2 is 1.54 bits per heavy atom. The zero-order chi connectivity index (χ0) is 39.1. The molecule has 0 saturated carbocycles. The van der Waals surface area contributed by atoms with Crippen LogP contribution in [0.4, 0.5) is 5.82 Å². The maximum atomic E-state index is 13.7. The summed E-state index contributed by atoms with van der Waals surface area (Å²) in [7, 11) is 0.177. The van der Waals surface area contributed by atoms with Crippen molar-refractivity contribution in [3.05, 3.63) is 118 Å². The Labute approximate surface area is 319 Å². The Morgan fingerprint density at radius 1 is 0.963 bits per heavy atom. The Morgan fingerprint density at radius 3 is 2.07 bits per heavy atom. The lowest BCUT2D eigenvalue weighted by molar-refractivity contribution is -0.118. The van der Waals surface area contributed by atoms with Crippen LogP contribution in [0.5, 0.6) is 11.5 Å². The van der Waals surface area contributed by atoms with Crippen molar-refractivity contribution in [3.8, 4) is 11.5 Å². The molecule has 290 valence electrons. The maximum absolute atomic E-state index is 13.7.